The maximum absolute atomic E-state index is 11.9. The number of aliphatic carboxylic acids is 1. The first kappa shape index (κ1) is 14.2. The molecular formula is C13H17NO4. The highest BCUT2D eigenvalue weighted by Crippen LogP contribution is 2.15. The van der Waals surface area contributed by atoms with Crippen molar-refractivity contribution in [2.45, 2.75) is 13.8 Å². The van der Waals surface area contributed by atoms with E-state index in [0.717, 1.165) is 5.56 Å². The Balaban J connectivity index is 2.86. The zero-order valence-electron chi connectivity index (χ0n) is 10.5. The normalized spacial score (nSPS) is 10.1. The van der Waals surface area contributed by atoms with E-state index in [2.05, 4.69) is 0 Å². The summed E-state index contributed by atoms with van der Waals surface area (Å²) < 4.78 is 5.02. The van der Waals surface area contributed by atoms with E-state index in [9.17, 15) is 9.59 Å². The molecular weight excluding hydrogens is 234 g/mol. The standard InChI is InChI=1S/C13H17NO4/c1-3-18-9-12(15)14(8-13(16)17)11-6-4-10(2)5-7-11/h4-7H,3,8-9H2,1-2H3,(H,16,17). The largest absolute Gasteiger partial charge is 0.480 e. The van der Waals surface area contributed by atoms with Gasteiger partial charge in [-0.15, -0.1) is 0 Å². The van der Waals surface area contributed by atoms with Crippen LogP contribution in [0.4, 0.5) is 5.69 Å². The van der Waals surface area contributed by atoms with Crippen LogP contribution in [0.3, 0.4) is 0 Å². The van der Waals surface area contributed by atoms with E-state index in [1.807, 2.05) is 19.1 Å². The first-order valence-electron chi connectivity index (χ1n) is 5.71. The van der Waals surface area contributed by atoms with Crippen molar-refractivity contribution >= 4 is 17.6 Å². The maximum Gasteiger partial charge on any atom is 0.323 e. The van der Waals surface area contributed by atoms with Gasteiger partial charge in [0.05, 0.1) is 0 Å². The highest BCUT2D eigenvalue weighted by Gasteiger charge is 2.18. The Morgan fingerprint density at radius 3 is 2.39 bits per heavy atom. The molecule has 0 saturated carbocycles. The molecule has 0 saturated heterocycles. The molecule has 18 heavy (non-hydrogen) atoms. The van der Waals surface area contributed by atoms with Crippen molar-refractivity contribution < 1.29 is 19.4 Å². The van der Waals surface area contributed by atoms with Crippen LogP contribution in [0, 0.1) is 6.92 Å². The predicted octanol–water partition coefficient (Wildman–Crippen LogP) is 1.45. The first-order valence-corrected chi connectivity index (χ1v) is 5.71. The van der Waals surface area contributed by atoms with Crippen molar-refractivity contribution in [3.8, 4) is 0 Å². The Morgan fingerprint density at radius 1 is 1.28 bits per heavy atom. The van der Waals surface area contributed by atoms with E-state index < -0.39 is 5.97 Å². The van der Waals surface area contributed by atoms with Crippen molar-refractivity contribution in [1.82, 2.24) is 0 Å². The molecule has 1 rings (SSSR count). The van der Waals surface area contributed by atoms with Crippen molar-refractivity contribution in [2.75, 3.05) is 24.7 Å². The van der Waals surface area contributed by atoms with Crippen LogP contribution in [0.15, 0.2) is 24.3 Å². The van der Waals surface area contributed by atoms with E-state index in [1.54, 1.807) is 19.1 Å². The number of hydrogen-bond acceptors (Lipinski definition) is 3. The van der Waals surface area contributed by atoms with E-state index in [1.165, 1.54) is 4.90 Å². The third kappa shape index (κ3) is 4.18. The van der Waals surface area contributed by atoms with Gasteiger partial charge in [-0.1, -0.05) is 17.7 Å². The number of anilines is 1. The Morgan fingerprint density at radius 2 is 1.89 bits per heavy atom. The molecule has 0 spiro atoms. The fraction of sp³-hybridized carbons (Fsp3) is 0.385. The van der Waals surface area contributed by atoms with E-state index in [-0.39, 0.29) is 19.1 Å². The predicted molar refractivity (Wildman–Crippen MR) is 67.7 cm³/mol. The van der Waals surface area contributed by atoms with Gasteiger partial charge in [-0.05, 0) is 26.0 Å². The van der Waals surface area contributed by atoms with Gasteiger partial charge in [-0.3, -0.25) is 14.5 Å². The zero-order chi connectivity index (χ0) is 13.5. The van der Waals surface area contributed by atoms with Crippen LogP contribution in [0.5, 0.6) is 0 Å². The zero-order valence-corrected chi connectivity index (χ0v) is 10.5. The average molecular weight is 251 g/mol. The Hall–Kier alpha value is -1.88. The third-order valence-corrected chi connectivity index (χ3v) is 2.37. The van der Waals surface area contributed by atoms with Gasteiger partial charge >= 0.3 is 5.97 Å². The molecule has 5 nitrogen and oxygen atoms in total. The number of aryl methyl sites for hydroxylation is 1. The van der Waals surface area contributed by atoms with Crippen LogP contribution < -0.4 is 4.90 Å². The van der Waals surface area contributed by atoms with Crippen LogP contribution >= 0.6 is 0 Å². The van der Waals surface area contributed by atoms with Crippen molar-refractivity contribution in [2.24, 2.45) is 0 Å². The Bertz CT molecular complexity index is 414. The van der Waals surface area contributed by atoms with Crippen LogP contribution in [-0.2, 0) is 14.3 Å². The fourth-order valence-electron chi connectivity index (χ4n) is 1.45. The molecule has 5 heteroatoms. The molecule has 0 fully saturated rings. The summed E-state index contributed by atoms with van der Waals surface area (Å²) in [5.41, 5.74) is 1.61. The fourth-order valence-corrected chi connectivity index (χ4v) is 1.45. The van der Waals surface area contributed by atoms with Gasteiger partial charge in [0, 0.05) is 12.3 Å². The molecule has 0 heterocycles. The number of ether oxygens (including phenoxy) is 1. The van der Waals surface area contributed by atoms with Gasteiger partial charge in [0.15, 0.2) is 0 Å². The maximum atomic E-state index is 11.9. The van der Waals surface area contributed by atoms with Gasteiger partial charge in [0.2, 0.25) is 0 Å². The van der Waals surface area contributed by atoms with Gasteiger partial charge in [0.25, 0.3) is 5.91 Å². The highest BCUT2D eigenvalue weighted by atomic mass is 16.5. The number of nitrogens with zero attached hydrogens (tertiary/aromatic N) is 1. The van der Waals surface area contributed by atoms with Crippen LogP contribution in [0.25, 0.3) is 0 Å². The van der Waals surface area contributed by atoms with Gasteiger partial charge in [-0.25, -0.2) is 0 Å². The molecule has 1 aromatic carbocycles. The molecule has 0 aliphatic carbocycles. The molecule has 0 bridgehead atoms. The summed E-state index contributed by atoms with van der Waals surface area (Å²) >= 11 is 0. The number of carbonyl (C=O) groups is 2. The van der Waals surface area contributed by atoms with Crippen LogP contribution in [-0.4, -0.2) is 36.7 Å². The van der Waals surface area contributed by atoms with Gasteiger partial charge < -0.3 is 9.84 Å². The number of hydrogen-bond donors (Lipinski definition) is 1. The van der Waals surface area contributed by atoms with Crippen molar-refractivity contribution in [1.29, 1.82) is 0 Å². The summed E-state index contributed by atoms with van der Waals surface area (Å²) in [5, 5.41) is 8.84. The number of carbonyl (C=O) groups excluding carboxylic acids is 1. The molecule has 0 aliphatic rings. The molecule has 0 atom stereocenters. The van der Waals surface area contributed by atoms with Crippen LogP contribution in [0.1, 0.15) is 12.5 Å². The van der Waals surface area contributed by atoms with Gasteiger partial charge in [-0.2, -0.15) is 0 Å². The highest BCUT2D eigenvalue weighted by molar-refractivity contribution is 5.98. The lowest BCUT2D eigenvalue weighted by Crippen LogP contribution is -2.38. The lowest BCUT2D eigenvalue weighted by atomic mass is 10.2. The monoisotopic (exact) mass is 251 g/mol. The summed E-state index contributed by atoms with van der Waals surface area (Å²) in [5.74, 6) is -1.41. The number of carboxylic acid groups (broad SMARTS) is 1. The smallest absolute Gasteiger partial charge is 0.323 e. The minimum atomic E-state index is -1.06. The number of carboxylic acids is 1. The second-order valence-corrected chi connectivity index (χ2v) is 3.85. The van der Waals surface area contributed by atoms with Crippen molar-refractivity contribution in [3.05, 3.63) is 29.8 Å². The molecule has 1 amide bonds. The van der Waals surface area contributed by atoms with E-state index in [0.29, 0.717) is 12.3 Å². The van der Waals surface area contributed by atoms with E-state index >= 15 is 0 Å². The van der Waals surface area contributed by atoms with E-state index in [4.69, 9.17) is 9.84 Å². The third-order valence-electron chi connectivity index (χ3n) is 2.37. The molecule has 0 aromatic heterocycles. The first-order chi connectivity index (χ1) is 8.54. The molecule has 98 valence electrons. The minimum Gasteiger partial charge on any atom is -0.480 e. The molecule has 0 radical (unpaired) electrons. The quantitative estimate of drug-likeness (QED) is 0.831. The summed E-state index contributed by atoms with van der Waals surface area (Å²) in [6, 6.07) is 7.11. The summed E-state index contributed by atoms with van der Waals surface area (Å²) in [6.45, 7) is 3.64. The number of rotatable bonds is 6. The Kier molecular flexibility index (Phi) is 5.32. The second kappa shape index (κ2) is 6.76. The summed E-state index contributed by atoms with van der Waals surface area (Å²) in [4.78, 5) is 23.9. The lowest BCUT2D eigenvalue weighted by Gasteiger charge is -2.20. The van der Waals surface area contributed by atoms with Crippen LogP contribution in [0.2, 0.25) is 0 Å². The molecule has 1 N–H and O–H groups in total. The van der Waals surface area contributed by atoms with Crippen molar-refractivity contribution in [3.63, 3.8) is 0 Å². The number of amides is 1. The molecule has 0 unspecified atom stereocenters. The number of benzene rings is 1. The lowest BCUT2D eigenvalue weighted by molar-refractivity contribution is -0.137. The SMILES string of the molecule is CCOCC(=O)N(CC(=O)O)c1ccc(C)cc1. The summed E-state index contributed by atoms with van der Waals surface area (Å²) in [7, 11) is 0. The molecule has 1 aromatic rings. The molecule has 0 aliphatic heterocycles. The second-order valence-electron chi connectivity index (χ2n) is 3.85. The Labute approximate surface area is 106 Å². The minimum absolute atomic E-state index is 0.113. The topological polar surface area (TPSA) is 66.8 Å². The van der Waals surface area contributed by atoms with Gasteiger partial charge in [0.1, 0.15) is 13.2 Å². The summed E-state index contributed by atoms with van der Waals surface area (Å²) in [6.07, 6.45) is 0. The average Bonchev–Trinajstić information content (AvgIpc) is 2.34.